The Kier molecular flexibility index (Phi) is 5.43. The zero-order valence-corrected chi connectivity index (χ0v) is 17.9. The number of para-hydroxylation sites is 2. The van der Waals surface area contributed by atoms with E-state index < -0.39 is 12.1 Å². The number of aromatic nitrogens is 2. The number of carbonyl (C=O) groups excluding carboxylic acids is 1. The molecule has 0 spiro atoms. The lowest BCUT2D eigenvalue weighted by Crippen LogP contribution is -2.11. The van der Waals surface area contributed by atoms with Crippen molar-refractivity contribution in [2.75, 3.05) is 0 Å². The average molecular weight is 446 g/mol. The molecule has 0 N–H and O–H groups in total. The predicted molar refractivity (Wildman–Crippen MR) is 118 cm³/mol. The van der Waals surface area contributed by atoms with Crippen molar-refractivity contribution in [2.45, 2.75) is 19.6 Å². The van der Waals surface area contributed by atoms with E-state index in [9.17, 15) is 4.79 Å². The Hall–Kier alpha value is -3.91. The molecule has 3 heterocycles. The van der Waals surface area contributed by atoms with Crippen LogP contribution in [0.15, 0.2) is 80.9 Å². The van der Waals surface area contributed by atoms with Crippen LogP contribution in [0.3, 0.4) is 0 Å². The minimum absolute atomic E-state index is 0.0898. The molecule has 3 aromatic heterocycles. The van der Waals surface area contributed by atoms with Gasteiger partial charge in [0.25, 0.3) is 11.8 Å². The molecule has 0 radical (unpaired) electrons. The summed E-state index contributed by atoms with van der Waals surface area (Å²) >= 11 is 1.49. The summed E-state index contributed by atoms with van der Waals surface area (Å²) in [7, 11) is 0. The highest BCUT2D eigenvalue weighted by molar-refractivity contribution is 7.13. The number of thiophene rings is 1. The summed E-state index contributed by atoms with van der Waals surface area (Å²) in [5.41, 5.74) is 1.20. The first-order valence-corrected chi connectivity index (χ1v) is 10.8. The van der Waals surface area contributed by atoms with Gasteiger partial charge in [0.05, 0.1) is 10.4 Å². The third-order valence-corrected chi connectivity index (χ3v) is 5.67. The summed E-state index contributed by atoms with van der Waals surface area (Å²) in [4.78, 5) is 13.9. The Morgan fingerprint density at radius 2 is 1.81 bits per heavy atom. The summed E-state index contributed by atoms with van der Waals surface area (Å²) < 4.78 is 23.0. The molecular weight excluding hydrogens is 428 g/mol. The van der Waals surface area contributed by atoms with Crippen LogP contribution >= 0.6 is 11.3 Å². The standard InChI is InChI=1S/C24H18N2O5S/c1-15(22-25-26-23(31-22)20-12-7-13-32-20)29-24(27)21-18(14-28-16-8-3-2-4-9-16)17-10-5-6-11-19(17)30-21/h2-13,15H,14H2,1H3. The van der Waals surface area contributed by atoms with Crippen molar-refractivity contribution in [3.8, 4) is 16.5 Å². The molecule has 32 heavy (non-hydrogen) atoms. The molecular formula is C24H18N2O5S. The van der Waals surface area contributed by atoms with Gasteiger partial charge in [0.1, 0.15) is 17.9 Å². The van der Waals surface area contributed by atoms with Crippen LogP contribution in [0.25, 0.3) is 21.7 Å². The number of esters is 1. The molecule has 0 amide bonds. The zero-order chi connectivity index (χ0) is 21.9. The average Bonchev–Trinajstić information content (AvgIpc) is 3.58. The molecule has 8 heteroatoms. The smallest absolute Gasteiger partial charge is 0.375 e. The summed E-state index contributed by atoms with van der Waals surface area (Å²) in [6.45, 7) is 1.83. The molecule has 7 nitrogen and oxygen atoms in total. The van der Waals surface area contributed by atoms with Crippen LogP contribution in [0, 0.1) is 0 Å². The lowest BCUT2D eigenvalue weighted by atomic mass is 10.1. The number of carbonyl (C=O) groups is 1. The van der Waals surface area contributed by atoms with Crippen molar-refractivity contribution >= 4 is 28.3 Å². The van der Waals surface area contributed by atoms with Crippen LogP contribution in [0.1, 0.15) is 35.0 Å². The fraction of sp³-hybridized carbons (Fsp3) is 0.125. The van der Waals surface area contributed by atoms with Gasteiger partial charge in [-0.05, 0) is 36.6 Å². The first-order chi connectivity index (χ1) is 15.7. The zero-order valence-electron chi connectivity index (χ0n) is 17.1. The van der Waals surface area contributed by atoms with Gasteiger partial charge in [0.2, 0.25) is 5.76 Å². The first-order valence-electron chi connectivity index (χ1n) is 9.95. The second-order valence-electron chi connectivity index (χ2n) is 6.98. The van der Waals surface area contributed by atoms with Gasteiger partial charge in [0, 0.05) is 5.39 Å². The van der Waals surface area contributed by atoms with Gasteiger partial charge >= 0.3 is 5.97 Å². The van der Waals surface area contributed by atoms with Gasteiger partial charge < -0.3 is 18.3 Å². The Morgan fingerprint density at radius 3 is 2.62 bits per heavy atom. The molecule has 0 saturated carbocycles. The number of fused-ring (bicyclic) bond motifs is 1. The summed E-state index contributed by atoms with van der Waals surface area (Å²) in [6, 6.07) is 20.6. The molecule has 0 bridgehead atoms. The largest absolute Gasteiger partial charge is 0.489 e. The number of benzene rings is 2. The quantitative estimate of drug-likeness (QED) is 0.282. The predicted octanol–water partition coefficient (Wildman–Crippen LogP) is 6.04. The topological polar surface area (TPSA) is 87.6 Å². The third kappa shape index (κ3) is 4.00. The number of nitrogens with zero attached hydrogens (tertiary/aromatic N) is 2. The molecule has 1 unspecified atom stereocenters. The van der Waals surface area contributed by atoms with Crippen molar-refractivity contribution in [3.05, 3.63) is 89.3 Å². The SMILES string of the molecule is CC(OC(=O)c1oc2ccccc2c1COc1ccccc1)c1nnc(-c2cccs2)o1. The minimum Gasteiger partial charge on any atom is -0.489 e. The molecule has 0 fully saturated rings. The maximum Gasteiger partial charge on any atom is 0.375 e. The van der Waals surface area contributed by atoms with Crippen LogP contribution in [0.5, 0.6) is 5.75 Å². The Balaban J connectivity index is 1.38. The molecule has 0 aliphatic rings. The van der Waals surface area contributed by atoms with Gasteiger partial charge in [-0.2, -0.15) is 0 Å². The van der Waals surface area contributed by atoms with Crippen molar-refractivity contribution < 1.29 is 23.1 Å². The van der Waals surface area contributed by atoms with Gasteiger partial charge in [0.15, 0.2) is 6.10 Å². The van der Waals surface area contributed by atoms with Gasteiger partial charge in [-0.25, -0.2) is 4.79 Å². The number of ether oxygens (including phenoxy) is 2. The van der Waals surface area contributed by atoms with E-state index in [1.54, 1.807) is 13.0 Å². The normalized spacial score (nSPS) is 12.0. The van der Waals surface area contributed by atoms with Crippen molar-refractivity contribution in [2.24, 2.45) is 0 Å². The van der Waals surface area contributed by atoms with E-state index in [0.717, 1.165) is 10.3 Å². The van der Waals surface area contributed by atoms with Gasteiger partial charge in [-0.15, -0.1) is 21.5 Å². The number of hydrogen-bond donors (Lipinski definition) is 0. The van der Waals surface area contributed by atoms with Crippen LogP contribution in [0.2, 0.25) is 0 Å². The fourth-order valence-electron chi connectivity index (χ4n) is 3.24. The fourth-order valence-corrected chi connectivity index (χ4v) is 3.89. The van der Waals surface area contributed by atoms with E-state index in [2.05, 4.69) is 10.2 Å². The second kappa shape index (κ2) is 8.68. The van der Waals surface area contributed by atoms with Crippen LogP contribution < -0.4 is 4.74 Å². The molecule has 0 aliphatic carbocycles. The van der Waals surface area contributed by atoms with E-state index in [1.807, 2.05) is 66.0 Å². The van der Waals surface area contributed by atoms with E-state index in [0.29, 0.717) is 22.8 Å². The van der Waals surface area contributed by atoms with E-state index in [-0.39, 0.29) is 18.3 Å². The van der Waals surface area contributed by atoms with Crippen LogP contribution in [-0.4, -0.2) is 16.2 Å². The molecule has 2 aromatic carbocycles. The van der Waals surface area contributed by atoms with E-state index in [4.69, 9.17) is 18.3 Å². The molecule has 160 valence electrons. The highest BCUT2D eigenvalue weighted by Gasteiger charge is 2.26. The molecule has 1 atom stereocenters. The monoisotopic (exact) mass is 446 g/mol. The Morgan fingerprint density at radius 1 is 1.00 bits per heavy atom. The molecule has 0 saturated heterocycles. The maximum atomic E-state index is 13.0. The lowest BCUT2D eigenvalue weighted by molar-refractivity contribution is 0.0243. The van der Waals surface area contributed by atoms with Gasteiger partial charge in [-0.3, -0.25) is 0 Å². The molecule has 5 rings (SSSR count). The maximum absolute atomic E-state index is 13.0. The van der Waals surface area contributed by atoms with Crippen LogP contribution in [-0.2, 0) is 11.3 Å². The number of rotatable bonds is 7. The summed E-state index contributed by atoms with van der Waals surface area (Å²) in [5.74, 6) is 0.749. The minimum atomic E-state index is -0.750. The second-order valence-corrected chi connectivity index (χ2v) is 7.93. The Labute approximate surface area is 187 Å². The van der Waals surface area contributed by atoms with Crippen molar-refractivity contribution in [1.82, 2.24) is 10.2 Å². The van der Waals surface area contributed by atoms with Crippen LogP contribution in [0.4, 0.5) is 0 Å². The third-order valence-electron chi connectivity index (χ3n) is 4.81. The van der Waals surface area contributed by atoms with E-state index in [1.165, 1.54) is 11.3 Å². The number of furan rings is 1. The highest BCUT2D eigenvalue weighted by Crippen LogP contribution is 2.30. The van der Waals surface area contributed by atoms with E-state index >= 15 is 0 Å². The van der Waals surface area contributed by atoms with Crippen molar-refractivity contribution in [1.29, 1.82) is 0 Å². The van der Waals surface area contributed by atoms with Gasteiger partial charge in [-0.1, -0.05) is 42.5 Å². The first kappa shape index (κ1) is 20.0. The summed E-state index contributed by atoms with van der Waals surface area (Å²) in [6.07, 6.45) is -0.750. The lowest BCUT2D eigenvalue weighted by Gasteiger charge is -2.10. The highest BCUT2D eigenvalue weighted by atomic mass is 32.1. The Bertz CT molecular complexity index is 1340. The number of hydrogen-bond acceptors (Lipinski definition) is 8. The summed E-state index contributed by atoms with van der Waals surface area (Å²) in [5, 5.41) is 10.8. The van der Waals surface area contributed by atoms with Crippen molar-refractivity contribution in [3.63, 3.8) is 0 Å². The molecule has 0 aliphatic heterocycles. The molecule has 5 aromatic rings.